The molecule has 0 bridgehead atoms. The van der Waals surface area contributed by atoms with Crippen LogP contribution in [0.1, 0.15) is 37.7 Å². The Morgan fingerprint density at radius 3 is 2.52 bits per heavy atom. The molecule has 5 nitrogen and oxygen atoms in total. The number of pyridine rings is 1. The SMILES string of the molecule is O=C(NC1CCC(O)CC1)C1CCN(c2ccc(C(F)(F)F)cn2)C1. The Morgan fingerprint density at radius 2 is 1.92 bits per heavy atom. The van der Waals surface area contributed by atoms with E-state index in [0.717, 1.165) is 25.1 Å². The summed E-state index contributed by atoms with van der Waals surface area (Å²) >= 11 is 0. The van der Waals surface area contributed by atoms with E-state index in [-0.39, 0.29) is 24.0 Å². The van der Waals surface area contributed by atoms with Crippen LogP contribution in [0.25, 0.3) is 0 Å². The van der Waals surface area contributed by atoms with Crippen LogP contribution in [-0.2, 0) is 11.0 Å². The first-order valence-corrected chi connectivity index (χ1v) is 8.59. The number of hydrogen-bond acceptors (Lipinski definition) is 4. The van der Waals surface area contributed by atoms with E-state index < -0.39 is 11.7 Å². The van der Waals surface area contributed by atoms with Crippen molar-refractivity contribution in [1.29, 1.82) is 0 Å². The lowest BCUT2D eigenvalue weighted by Gasteiger charge is -2.27. The number of carbonyl (C=O) groups is 1. The van der Waals surface area contributed by atoms with Gasteiger partial charge in [-0.15, -0.1) is 0 Å². The number of nitrogens with zero attached hydrogens (tertiary/aromatic N) is 2. The molecule has 0 aromatic carbocycles. The lowest BCUT2D eigenvalue weighted by Crippen LogP contribution is -2.42. The summed E-state index contributed by atoms with van der Waals surface area (Å²) in [6, 6.07) is 2.48. The topological polar surface area (TPSA) is 65.5 Å². The molecular formula is C17H22F3N3O2. The van der Waals surface area contributed by atoms with Crippen molar-refractivity contribution < 1.29 is 23.1 Å². The number of halogens is 3. The minimum atomic E-state index is -4.40. The van der Waals surface area contributed by atoms with Gasteiger partial charge < -0.3 is 15.3 Å². The number of carbonyl (C=O) groups excluding carboxylic acids is 1. The fraction of sp³-hybridized carbons (Fsp3) is 0.647. The number of hydrogen-bond donors (Lipinski definition) is 2. The number of amides is 1. The van der Waals surface area contributed by atoms with Gasteiger partial charge in [-0.1, -0.05) is 0 Å². The minimum Gasteiger partial charge on any atom is -0.393 e. The third-order valence-electron chi connectivity index (χ3n) is 5.00. The van der Waals surface area contributed by atoms with Crippen LogP contribution >= 0.6 is 0 Å². The van der Waals surface area contributed by atoms with Crippen LogP contribution in [0.2, 0.25) is 0 Å². The molecule has 3 rings (SSSR count). The molecule has 1 amide bonds. The maximum absolute atomic E-state index is 12.6. The van der Waals surface area contributed by atoms with Gasteiger partial charge in [-0.2, -0.15) is 13.2 Å². The molecule has 0 spiro atoms. The predicted octanol–water partition coefficient (Wildman–Crippen LogP) is 2.35. The van der Waals surface area contributed by atoms with Gasteiger partial charge in [-0.3, -0.25) is 4.79 Å². The Balaban J connectivity index is 1.53. The second-order valence-electron chi connectivity index (χ2n) is 6.85. The van der Waals surface area contributed by atoms with Crippen LogP contribution in [0.5, 0.6) is 0 Å². The quantitative estimate of drug-likeness (QED) is 0.872. The fourth-order valence-electron chi connectivity index (χ4n) is 3.46. The summed E-state index contributed by atoms with van der Waals surface area (Å²) in [4.78, 5) is 18.1. The summed E-state index contributed by atoms with van der Waals surface area (Å²) in [7, 11) is 0. The maximum Gasteiger partial charge on any atom is 0.417 e. The summed E-state index contributed by atoms with van der Waals surface area (Å²) < 4.78 is 37.8. The highest BCUT2D eigenvalue weighted by molar-refractivity contribution is 5.80. The van der Waals surface area contributed by atoms with Crippen LogP contribution in [0.3, 0.4) is 0 Å². The van der Waals surface area contributed by atoms with Gasteiger partial charge in [0.2, 0.25) is 5.91 Å². The van der Waals surface area contributed by atoms with E-state index in [2.05, 4.69) is 10.3 Å². The molecule has 1 saturated heterocycles. The number of rotatable bonds is 3. The zero-order chi connectivity index (χ0) is 18.0. The summed E-state index contributed by atoms with van der Waals surface area (Å²) in [5.41, 5.74) is -0.774. The van der Waals surface area contributed by atoms with Gasteiger partial charge in [0.05, 0.1) is 17.6 Å². The first-order chi connectivity index (χ1) is 11.8. The molecule has 2 heterocycles. The number of aliphatic hydroxyl groups is 1. The van der Waals surface area contributed by atoms with Crippen LogP contribution in [0.4, 0.5) is 19.0 Å². The smallest absolute Gasteiger partial charge is 0.393 e. The molecule has 2 aliphatic rings. The average Bonchev–Trinajstić information content (AvgIpc) is 3.06. The Labute approximate surface area is 144 Å². The Morgan fingerprint density at radius 1 is 1.20 bits per heavy atom. The lowest BCUT2D eigenvalue weighted by molar-refractivity contribution is -0.137. The Hall–Kier alpha value is -1.83. The van der Waals surface area contributed by atoms with Crippen LogP contribution in [0, 0.1) is 5.92 Å². The summed E-state index contributed by atoms with van der Waals surface area (Å²) in [5, 5.41) is 12.5. The van der Waals surface area contributed by atoms with Gasteiger partial charge in [0, 0.05) is 25.3 Å². The molecule has 2 N–H and O–H groups in total. The van der Waals surface area contributed by atoms with E-state index in [4.69, 9.17) is 0 Å². The largest absolute Gasteiger partial charge is 0.417 e. The van der Waals surface area contributed by atoms with Crippen molar-refractivity contribution in [2.24, 2.45) is 5.92 Å². The van der Waals surface area contributed by atoms with Gasteiger partial charge in [0.1, 0.15) is 5.82 Å². The highest BCUT2D eigenvalue weighted by Gasteiger charge is 2.33. The summed E-state index contributed by atoms with van der Waals surface area (Å²) in [6.45, 7) is 1.05. The first kappa shape index (κ1) is 18.0. The van der Waals surface area contributed by atoms with E-state index in [1.54, 1.807) is 0 Å². The molecule has 1 aromatic heterocycles. The highest BCUT2D eigenvalue weighted by atomic mass is 19.4. The monoisotopic (exact) mass is 357 g/mol. The van der Waals surface area contributed by atoms with Gasteiger partial charge in [-0.05, 0) is 44.2 Å². The van der Waals surface area contributed by atoms with Crippen molar-refractivity contribution in [2.45, 2.75) is 50.4 Å². The number of nitrogens with one attached hydrogen (secondary N) is 1. The molecule has 138 valence electrons. The van der Waals surface area contributed by atoms with Crippen LogP contribution in [-0.4, -0.2) is 41.2 Å². The summed E-state index contributed by atoms with van der Waals surface area (Å²) in [5.74, 6) is 0.260. The molecule has 2 fully saturated rings. The predicted molar refractivity (Wildman–Crippen MR) is 86.0 cm³/mol. The van der Waals surface area contributed by atoms with Crippen molar-refractivity contribution in [3.63, 3.8) is 0 Å². The third kappa shape index (κ3) is 4.42. The summed E-state index contributed by atoms with van der Waals surface area (Å²) in [6.07, 6.45) is -0.199. The molecule has 1 aliphatic carbocycles. The van der Waals surface area contributed by atoms with Crippen molar-refractivity contribution in [2.75, 3.05) is 18.0 Å². The molecule has 1 aromatic rings. The number of alkyl halides is 3. The molecule has 25 heavy (non-hydrogen) atoms. The van der Waals surface area contributed by atoms with Gasteiger partial charge in [-0.25, -0.2) is 4.98 Å². The average molecular weight is 357 g/mol. The van der Waals surface area contributed by atoms with Gasteiger partial charge in [0.25, 0.3) is 0 Å². The zero-order valence-electron chi connectivity index (χ0n) is 13.8. The number of aromatic nitrogens is 1. The van der Waals surface area contributed by atoms with E-state index in [9.17, 15) is 23.1 Å². The van der Waals surface area contributed by atoms with E-state index in [0.29, 0.717) is 38.2 Å². The molecule has 0 radical (unpaired) electrons. The molecule has 8 heteroatoms. The third-order valence-corrected chi connectivity index (χ3v) is 5.00. The highest BCUT2D eigenvalue weighted by Crippen LogP contribution is 2.30. The number of aliphatic hydroxyl groups excluding tert-OH is 1. The lowest BCUT2D eigenvalue weighted by atomic mass is 9.92. The maximum atomic E-state index is 12.6. The van der Waals surface area contributed by atoms with Crippen LogP contribution in [0.15, 0.2) is 18.3 Å². The second-order valence-corrected chi connectivity index (χ2v) is 6.85. The zero-order valence-corrected chi connectivity index (χ0v) is 13.8. The van der Waals surface area contributed by atoms with Gasteiger partial charge in [0.15, 0.2) is 0 Å². The normalized spacial score (nSPS) is 27.4. The molecular weight excluding hydrogens is 335 g/mol. The van der Waals surface area contributed by atoms with Crippen molar-refractivity contribution in [3.8, 4) is 0 Å². The Bertz CT molecular complexity index is 598. The van der Waals surface area contributed by atoms with E-state index >= 15 is 0 Å². The Kier molecular flexibility index (Phi) is 5.17. The molecule has 1 unspecified atom stereocenters. The van der Waals surface area contributed by atoms with Crippen molar-refractivity contribution in [3.05, 3.63) is 23.9 Å². The molecule has 1 aliphatic heterocycles. The van der Waals surface area contributed by atoms with Crippen molar-refractivity contribution >= 4 is 11.7 Å². The first-order valence-electron chi connectivity index (χ1n) is 8.59. The molecule has 1 saturated carbocycles. The molecule has 1 atom stereocenters. The van der Waals surface area contributed by atoms with E-state index in [1.165, 1.54) is 6.07 Å². The van der Waals surface area contributed by atoms with E-state index in [1.807, 2.05) is 4.90 Å². The fourth-order valence-corrected chi connectivity index (χ4v) is 3.46. The van der Waals surface area contributed by atoms with Crippen LogP contribution < -0.4 is 10.2 Å². The van der Waals surface area contributed by atoms with Crippen molar-refractivity contribution in [1.82, 2.24) is 10.3 Å². The van der Waals surface area contributed by atoms with Gasteiger partial charge >= 0.3 is 6.18 Å². The minimum absolute atomic E-state index is 0.0178. The number of anilines is 1. The second kappa shape index (κ2) is 7.19. The standard InChI is InChI=1S/C17H22F3N3O2/c18-17(19,20)12-1-6-15(21-9-12)23-8-7-11(10-23)16(25)22-13-2-4-14(24)5-3-13/h1,6,9,11,13-14,24H,2-5,7-8,10H2,(H,22,25).